The minimum atomic E-state index is -1.17. The summed E-state index contributed by atoms with van der Waals surface area (Å²) in [6.07, 6.45) is -17.9. The average molecular weight is 400 g/mol. The predicted octanol–water partition coefficient (Wildman–Crippen LogP) is -14.1. The zero-order valence-corrected chi connectivity index (χ0v) is 21.4. The molecule has 0 fully saturated rings. The molecule has 0 saturated carbocycles. The molecule has 0 nitrogen and oxygen atoms in total. The van der Waals surface area contributed by atoms with Gasteiger partial charge >= 0.3 is 0 Å². The highest BCUT2D eigenvalue weighted by Gasteiger charge is 2.55. The molecule has 0 spiro atoms. The fraction of sp³-hybridized carbons (Fsp3) is 0. The molecule has 0 aliphatic carbocycles. The van der Waals surface area contributed by atoms with E-state index in [4.69, 9.17) is 147 Å². The first kappa shape index (κ1) is 39.4. The van der Waals surface area contributed by atoms with Crippen molar-refractivity contribution in [3.63, 3.8) is 0 Å². The van der Waals surface area contributed by atoms with Gasteiger partial charge in [0.25, 0.3) is 0 Å². The van der Waals surface area contributed by atoms with Crippen LogP contribution in [0, 0.1) is 0 Å². The first-order valence-corrected chi connectivity index (χ1v) is 12.0. The molecule has 0 aliphatic rings. The molecule has 37 heavy (non-hydrogen) atoms. The van der Waals surface area contributed by atoms with E-state index >= 15 is 0 Å². The van der Waals surface area contributed by atoms with Crippen molar-refractivity contribution in [3.05, 3.63) is 0 Å². The van der Waals surface area contributed by atoms with Crippen molar-refractivity contribution in [1.82, 2.24) is 0 Å². The van der Waals surface area contributed by atoms with Crippen molar-refractivity contribution in [3.8, 4) is 0 Å². The van der Waals surface area contributed by atoms with E-state index in [1.54, 1.807) is 0 Å². The first-order chi connectivity index (χ1) is 16.8. The highest BCUT2D eigenvalue weighted by molar-refractivity contribution is 8.31. The second-order valence-electron chi connectivity index (χ2n) is 10.0. The Morgan fingerprint density at radius 2 is 0.432 bits per heavy atom. The minimum Gasteiger partial charge on any atom is 0 e. The van der Waals surface area contributed by atoms with Crippen LogP contribution in [0.1, 0.15) is 0 Å². The van der Waals surface area contributed by atoms with Crippen LogP contribution in [0.25, 0.3) is 0 Å². The summed E-state index contributed by atoms with van der Waals surface area (Å²) in [6.45, 7) is 0. The quantitative estimate of drug-likeness (QED) is 0.213. The smallest absolute Gasteiger partial charge is 0 e. The summed E-state index contributed by atoms with van der Waals surface area (Å²) in [5.74, 6) is 0. The monoisotopic (exact) mass is 407 g/mol. The van der Waals surface area contributed by atoms with Gasteiger partial charge in [0.1, 0.15) is 0 Å². The maximum absolute atomic E-state index is 6.23. The van der Waals surface area contributed by atoms with Crippen molar-refractivity contribution in [2.75, 3.05) is 0 Å². The second-order valence-corrected chi connectivity index (χ2v) is 10.0. The molecule has 0 N–H and O–H groups in total. The van der Waals surface area contributed by atoms with E-state index < -0.39 is 109 Å². The van der Waals surface area contributed by atoms with Gasteiger partial charge in [-0.25, -0.2) is 0 Å². The van der Waals surface area contributed by atoms with Crippen LogP contribution >= 0.6 is 0 Å². The van der Waals surface area contributed by atoms with Crippen molar-refractivity contribution < 1.29 is 0 Å². The molecule has 37 heteroatoms. The van der Waals surface area contributed by atoms with Crippen molar-refractivity contribution in [2.45, 2.75) is 0 Å². The number of rotatable bonds is 17. The fourth-order valence-electron chi connectivity index (χ4n) is 5.90. The standard InChI is InChI=1S/B37/c1-20-30(21(2)3)35(31(22(4)5)23(6)7)37(34(28(16)17)29(18)19)36(32(24(8)9)25(10)11)33(26(12)13)27(14)15. The van der Waals surface area contributed by atoms with E-state index in [-0.39, 0.29) is 0 Å². The summed E-state index contributed by atoms with van der Waals surface area (Å²) in [6, 6.07) is 0. The average Bonchev–Trinajstić information content (AvgIpc) is 2.68. The van der Waals surface area contributed by atoms with Crippen LogP contribution in [0.2, 0.25) is 0 Å². The maximum atomic E-state index is 6.23. The van der Waals surface area contributed by atoms with Gasteiger partial charge in [-0.1, -0.05) is 0 Å². The Balaban J connectivity index is 7.97. The zero-order chi connectivity index (χ0) is 29.5. The van der Waals surface area contributed by atoms with E-state index in [0.717, 1.165) is 0 Å². The fourth-order valence-corrected chi connectivity index (χ4v) is 5.90. The molecule has 111 valence electrons. The molecule has 39 radical (unpaired) electrons. The Kier molecular flexibility index (Phi) is 19.3. The summed E-state index contributed by atoms with van der Waals surface area (Å²) in [5.41, 5.74) is 0. The lowest BCUT2D eigenvalue weighted by Gasteiger charge is -2.53. The minimum absolute atomic E-state index is 0.881. The van der Waals surface area contributed by atoms with Crippen LogP contribution in [0.5, 0.6) is 0 Å². The third kappa shape index (κ3) is 10.9. The van der Waals surface area contributed by atoms with Gasteiger partial charge in [0.15, 0.2) is 0 Å². The van der Waals surface area contributed by atoms with Gasteiger partial charge in [0.2, 0.25) is 0 Å². The molecular weight excluding hydrogens is 400 g/mol. The van der Waals surface area contributed by atoms with Gasteiger partial charge in [-0.15, -0.1) is 0 Å². The first-order valence-electron chi connectivity index (χ1n) is 12.0. The van der Waals surface area contributed by atoms with Crippen molar-refractivity contribution in [1.29, 1.82) is 0 Å². The molecule has 0 amide bonds. The van der Waals surface area contributed by atoms with Crippen LogP contribution in [-0.4, -0.2) is 263 Å². The predicted molar refractivity (Wildman–Crippen MR) is 213 cm³/mol. The summed E-state index contributed by atoms with van der Waals surface area (Å²) < 4.78 is 0. The lowest BCUT2D eigenvalue weighted by atomic mass is 8.28. The Hall–Kier alpha value is 2.40. The molecule has 0 atom stereocenters. The van der Waals surface area contributed by atoms with Gasteiger partial charge in [-0.05, 0) is 0 Å². The molecule has 0 aromatic carbocycles. The SMILES string of the molecule is [B][B]B(B([B])[B])B(B(B([B])[B])B([B])[B])B(B(B([B])[B])B([B])[B])B(B(B([B])[B])B([B])[B])B(B([B])[B])B([B])[B]. The van der Waals surface area contributed by atoms with E-state index in [2.05, 4.69) is 0 Å². The molecule has 0 saturated heterocycles. The third-order valence-electron chi connectivity index (χ3n) is 7.33. The summed E-state index contributed by atoms with van der Waals surface area (Å²) in [7, 11) is 119. The molecule has 0 heterocycles. The Morgan fingerprint density at radius 1 is 0.243 bits per heavy atom. The Bertz CT molecular complexity index is 523. The Labute approximate surface area is 261 Å². The topological polar surface area (TPSA) is 0 Å². The maximum Gasteiger partial charge on any atom is 0 e. The third-order valence-corrected chi connectivity index (χ3v) is 7.33. The molecule has 0 unspecified atom stereocenters. The highest BCUT2D eigenvalue weighted by atomic mass is 13.4. The van der Waals surface area contributed by atoms with E-state index in [0.29, 0.717) is 0 Å². The normalized spacial score (nSPS) is 9.51. The Morgan fingerprint density at radius 3 is 0.595 bits per heavy atom. The van der Waals surface area contributed by atoms with Crippen LogP contribution < -0.4 is 0 Å². The number of hydrogen-bond donors (Lipinski definition) is 0. The lowest BCUT2D eigenvalue weighted by molar-refractivity contribution is 3.23. The molecule has 0 rings (SSSR count). The van der Waals surface area contributed by atoms with E-state index in [1.807, 2.05) is 0 Å². The summed E-state index contributed by atoms with van der Waals surface area (Å²) in [5, 5.41) is 0. The molecule has 0 aliphatic heterocycles. The van der Waals surface area contributed by atoms with Crippen molar-refractivity contribution >= 4 is 263 Å². The molecule has 0 aromatic heterocycles. The van der Waals surface area contributed by atoms with E-state index in [1.165, 1.54) is 7.06 Å². The van der Waals surface area contributed by atoms with E-state index in [9.17, 15) is 0 Å². The summed E-state index contributed by atoms with van der Waals surface area (Å²) >= 11 is 0. The number of hydrogen-bond acceptors (Lipinski definition) is 0. The van der Waals surface area contributed by atoms with Gasteiger partial charge in [0, 0.05) is 263 Å². The van der Waals surface area contributed by atoms with Crippen LogP contribution in [0.15, 0.2) is 0 Å². The van der Waals surface area contributed by atoms with Gasteiger partial charge in [-0.2, -0.15) is 0 Å². The van der Waals surface area contributed by atoms with Crippen LogP contribution in [0.3, 0.4) is 0 Å². The lowest BCUT2D eigenvalue weighted by Crippen LogP contribution is -2.91. The zero-order valence-electron chi connectivity index (χ0n) is 21.4. The van der Waals surface area contributed by atoms with Crippen LogP contribution in [0.4, 0.5) is 0 Å². The van der Waals surface area contributed by atoms with Gasteiger partial charge in [0.05, 0.1) is 0 Å². The molecule has 0 bridgehead atoms. The van der Waals surface area contributed by atoms with Gasteiger partial charge < -0.3 is 0 Å². The summed E-state index contributed by atoms with van der Waals surface area (Å²) in [4.78, 5) is 0. The molecular formula is B37. The van der Waals surface area contributed by atoms with Gasteiger partial charge in [-0.3, -0.25) is 0 Å². The highest BCUT2D eigenvalue weighted by Crippen LogP contribution is 2.17. The van der Waals surface area contributed by atoms with Crippen molar-refractivity contribution in [2.24, 2.45) is 0 Å². The molecule has 0 aromatic rings. The second kappa shape index (κ2) is 18.2. The van der Waals surface area contributed by atoms with Crippen LogP contribution in [-0.2, 0) is 0 Å². The largest absolute Gasteiger partial charge is 0 e.